The molecule has 1 atom stereocenters. The van der Waals surface area contributed by atoms with Crippen LogP contribution in [0.5, 0.6) is 5.75 Å². The van der Waals surface area contributed by atoms with Gasteiger partial charge in [-0.15, -0.1) is 0 Å². The van der Waals surface area contributed by atoms with Crippen LogP contribution in [0.2, 0.25) is 0 Å². The summed E-state index contributed by atoms with van der Waals surface area (Å²) in [6.07, 6.45) is 1.29. The lowest BCUT2D eigenvalue weighted by Gasteiger charge is -2.31. The Hall–Kier alpha value is -2.71. The highest BCUT2D eigenvalue weighted by molar-refractivity contribution is 7.89. The number of carbonyl (C=O) groups is 1. The fraction of sp³-hybridized carbons (Fsp3) is 0.364. The van der Waals surface area contributed by atoms with E-state index in [2.05, 4.69) is 5.16 Å². The van der Waals surface area contributed by atoms with Gasteiger partial charge in [-0.05, 0) is 55.7 Å². The first kappa shape index (κ1) is 20.6. The number of carbonyl (C=O) groups excluding carboxylic acids is 1. The minimum atomic E-state index is -3.76. The van der Waals surface area contributed by atoms with Gasteiger partial charge in [-0.25, -0.2) is 8.42 Å². The number of fused-ring (bicyclic) bond motifs is 1. The lowest BCUT2D eigenvalue weighted by atomic mass is 9.90. The highest BCUT2D eigenvalue weighted by Gasteiger charge is 2.36. The van der Waals surface area contributed by atoms with Gasteiger partial charge in [0.05, 0.1) is 7.11 Å². The Balaban J connectivity index is 1.59. The maximum Gasteiger partial charge on any atom is 0.248 e. The molecule has 0 N–H and O–H groups in total. The first-order chi connectivity index (χ1) is 14.3. The number of piperidine rings is 1. The summed E-state index contributed by atoms with van der Waals surface area (Å²) in [6.45, 7) is 3.74. The maximum absolute atomic E-state index is 13.2. The van der Waals surface area contributed by atoms with Gasteiger partial charge in [-0.2, -0.15) is 4.31 Å². The second-order valence-corrected chi connectivity index (χ2v) is 9.52. The van der Waals surface area contributed by atoms with Crippen LogP contribution in [0.3, 0.4) is 0 Å². The van der Waals surface area contributed by atoms with E-state index >= 15 is 0 Å². The highest BCUT2D eigenvalue weighted by Crippen LogP contribution is 2.30. The van der Waals surface area contributed by atoms with Crippen molar-refractivity contribution in [1.82, 2.24) is 9.46 Å². The van der Waals surface area contributed by atoms with Crippen LogP contribution in [-0.4, -0.2) is 43.9 Å². The van der Waals surface area contributed by atoms with E-state index in [4.69, 9.17) is 9.26 Å². The monoisotopic (exact) mass is 428 g/mol. The predicted molar refractivity (Wildman–Crippen MR) is 112 cm³/mol. The molecule has 8 heteroatoms. The van der Waals surface area contributed by atoms with E-state index in [1.165, 1.54) is 4.31 Å². The summed E-state index contributed by atoms with van der Waals surface area (Å²) in [5.41, 5.74) is 0.931. The summed E-state index contributed by atoms with van der Waals surface area (Å²) >= 11 is 0. The van der Waals surface area contributed by atoms with Crippen molar-refractivity contribution in [2.45, 2.75) is 31.6 Å². The van der Waals surface area contributed by atoms with Crippen molar-refractivity contribution in [2.24, 2.45) is 5.92 Å². The number of sulfonamides is 1. The zero-order valence-corrected chi connectivity index (χ0v) is 18.0. The van der Waals surface area contributed by atoms with Gasteiger partial charge in [0, 0.05) is 24.6 Å². The van der Waals surface area contributed by atoms with Crippen molar-refractivity contribution in [3.63, 3.8) is 0 Å². The van der Waals surface area contributed by atoms with Crippen molar-refractivity contribution >= 4 is 26.6 Å². The number of Topliss-reactive ketones (excluding diaryl/α,β-unsaturated/α-hetero) is 1. The standard InChI is InChI=1S/C22H24N2O5S/c1-14-22(15(2)29-23-14)30(26,27)24-10-4-5-19(13-24)21(25)18-7-6-17-12-20(28-3)9-8-16(17)11-18/h6-9,11-12,19H,4-5,10,13H2,1-3H3/t19-/m0/s1. The van der Waals surface area contributed by atoms with E-state index in [0.29, 0.717) is 30.6 Å². The summed E-state index contributed by atoms with van der Waals surface area (Å²) in [7, 11) is -2.14. The molecule has 0 amide bonds. The zero-order valence-electron chi connectivity index (χ0n) is 17.2. The normalized spacial score (nSPS) is 17.9. The lowest BCUT2D eigenvalue weighted by Crippen LogP contribution is -2.42. The van der Waals surface area contributed by atoms with Crippen LogP contribution >= 0.6 is 0 Å². The molecule has 158 valence electrons. The van der Waals surface area contributed by atoms with Gasteiger partial charge in [0.2, 0.25) is 10.0 Å². The topological polar surface area (TPSA) is 89.7 Å². The smallest absolute Gasteiger partial charge is 0.248 e. The molecule has 1 fully saturated rings. The summed E-state index contributed by atoms with van der Waals surface area (Å²) in [5.74, 6) is 0.607. The van der Waals surface area contributed by atoms with Gasteiger partial charge in [-0.3, -0.25) is 4.79 Å². The summed E-state index contributed by atoms with van der Waals surface area (Å²) < 4.78 is 37.9. The first-order valence-electron chi connectivity index (χ1n) is 9.86. The van der Waals surface area contributed by atoms with Gasteiger partial charge in [0.1, 0.15) is 16.3 Å². The van der Waals surface area contributed by atoms with E-state index in [1.807, 2.05) is 30.3 Å². The molecule has 0 saturated carbocycles. The number of ether oxygens (including phenoxy) is 1. The number of aryl methyl sites for hydroxylation is 2. The molecule has 4 rings (SSSR count). The molecule has 1 saturated heterocycles. The number of methoxy groups -OCH3 is 1. The van der Waals surface area contributed by atoms with E-state index in [-0.39, 0.29) is 28.9 Å². The molecule has 1 aliphatic heterocycles. The SMILES string of the molecule is COc1ccc2cc(C(=O)[C@H]3CCCN(S(=O)(=O)c4c(C)noc4C)C3)ccc2c1. The molecule has 2 aromatic carbocycles. The second kappa shape index (κ2) is 7.85. The van der Waals surface area contributed by atoms with Crippen LogP contribution < -0.4 is 4.74 Å². The van der Waals surface area contributed by atoms with Gasteiger partial charge >= 0.3 is 0 Å². The summed E-state index contributed by atoms with van der Waals surface area (Å²) in [4.78, 5) is 13.3. The van der Waals surface area contributed by atoms with Crippen LogP contribution in [0.4, 0.5) is 0 Å². The Labute approximate surface area is 175 Å². The summed E-state index contributed by atoms with van der Waals surface area (Å²) in [6, 6.07) is 11.2. The van der Waals surface area contributed by atoms with E-state index < -0.39 is 10.0 Å². The van der Waals surface area contributed by atoms with Crippen LogP contribution in [0.25, 0.3) is 10.8 Å². The maximum atomic E-state index is 13.2. The molecular formula is C22H24N2O5S. The molecule has 0 unspecified atom stereocenters. The molecule has 2 heterocycles. The summed E-state index contributed by atoms with van der Waals surface area (Å²) in [5, 5.41) is 5.69. The predicted octanol–water partition coefficient (Wildman–Crippen LogP) is 3.74. The minimum absolute atomic E-state index is 0.0358. The van der Waals surface area contributed by atoms with E-state index in [9.17, 15) is 13.2 Å². The van der Waals surface area contributed by atoms with Crippen LogP contribution in [0.15, 0.2) is 45.8 Å². The lowest BCUT2D eigenvalue weighted by molar-refractivity contribution is 0.0872. The Morgan fingerprint density at radius 3 is 2.60 bits per heavy atom. The van der Waals surface area contributed by atoms with Gasteiger partial charge in [0.15, 0.2) is 11.5 Å². The second-order valence-electron chi connectivity index (χ2n) is 7.65. The van der Waals surface area contributed by atoms with Gasteiger partial charge < -0.3 is 9.26 Å². The van der Waals surface area contributed by atoms with E-state index in [1.54, 1.807) is 27.0 Å². The third-order valence-corrected chi connectivity index (χ3v) is 7.76. The Bertz CT molecular complexity index is 1200. The number of benzene rings is 2. The first-order valence-corrected chi connectivity index (χ1v) is 11.3. The quantitative estimate of drug-likeness (QED) is 0.575. The molecule has 0 radical (unpaired) electrons. The Morgan fingerprint density at radius 2 is 1.90 bits per heavy atom. The Kier molecular flexibility index (Phi) is 5.38. The largest absolute Gasteiger partial charge is 0.497 e. The average Bonchev–Trinajstić information content (AvgIpc) is 3.11. The van der Waals surface area contributed by atoms with Crippen LogP contribution in [0, 0.1) is 19.8 Å². The highest BCUT2D eigenvalue weighted by atomic mass is 32.2. The fourth-order valence-corrected chi connectivity index (χ4v) is 5.90. The third kappa shape index (κ3) is 3.61. The molecule has 3 aromatic rings. The molecule has 1 aromatic heterocycles. The van der Waals surface area contributed by atoms with Crippen LogP contribution in [0.1, 0.15) is 34.7 Å². The van der Waals surface area contributed by atoms with Crippen molar-refractivity contribution in [1.29, 1.82) is 0 Å². The average molecular weight is 429 g/mol. The van der Waals surface area contributed by atoms with Crippen LogP contribution in [-0.2, 0) is 10.0 Å². The zero-order chi connectivity index (χ0) is 21.5. The van der Waals surface area contributed by atoms with Crippen molar-refractivity contribution in [3.05, 3.63) is 53.4 Å². The number of hydrogen-bond donors (Lipinski definition) is 0. The molecule has 30 heavy (non-hydrogen) atoms. The number of ketones is 1. The number of aromatic nitrogens is 1. The number of hydrogen-bond acceptors (Lipinski definition) is 6. The molecule has 0 spiro atoms. The molecule has 0 aliphatic carbocycles. The molecule has 0 bridgehead atoms. The van der Waals surface area contributed by atoms with Crippen molar-refractivity contribution < 1.29 is 22.5 Å². The number of nitrogens with zero attached hydrogens (tertiary/aromatic N) is 2. The molecule has 7 nitrogen and oxygen atoms in total. The third-order valence-electron chi connectivity index (χ3n) is 5.65. The van der Waals surface area contributed by atoms with E-state index in [0.717, 1.165) is 16.5 Å². The van der Waals surface area contributed by atoms with Crippen molar-refractivity contribution in [3.8, 4) is 5.75 Å². The Morgan fingerprint density at radius 1 is 1.17 bits per heavy atom. The number of rotatable bonds is 5. The fourth-order valence-electron chi connectivity index (χ4n) is 4.09. The minimum Gasteiger partial charge on any atom is -0.497 e. The van der Waals surface area contributed by atoms with Gasteiger partial charge in [0.25, 0.3) is 0 Å². The molecule has 1 aliphatic rings. The van der Waals surface area contributed by atoms with Crippen molar-refractivity contribution in [2.75, 3.05) is 20.2 Å². The van der Waals surface area contributed by atoms with Gasteiger partial charge in [-0.1, -0.05) is 23.4 Å². The molecular weight excluding hydrogens is 404 g/mol.